The molecule has 0 unspecified atom stereocenters. The number of carbonyl (C=O) groups excluding carboxylic acids is 1. The first-order valence-corrected chi connectivity index (χ1v) is 8.90. The van der Waals surface area contributed by atoms with Crippen LogP contribution in [0.2, 0.25) is 0 Å². The second-order valence-electron chi connectivity index (χ2n) is 5.78. The fourth-order valence-electron chi connectivity index (χ4n) is 2.70. The van der Waals surface area contributed by atoms with Crippen LogP contribution in [0.3, 0.4) is 0 Å². The number of rotatable bonds is 4. The second-order valence-corrected chi connectivity index (χ2v) is 6.74. The number of pyridine rings is 1. The average Bonchev–Trinajstić information content (AvgIpc) is 3.02. The zero-order valence-electron chi connectivity index (χ0n) is 13.6. The molecule has 1 amide bonds. The van der Waals surface area contributed by atoms with Crippen molar-refractivity contribution in [3.63, 3.8) is 0 Å². The number of H-pyrrole nitrogens is 1. The number of hydrogen-bond donors (Lipinski definition) is 2. The number of aryl methyl sites for hydroxylation is 1. The van der Waals surface area contributed by atoms with Gasteiger partial charge in [-0.25, -0.2) is 4.98 Å². The standard InChI is InChI=1S/C19H16N4OS/c1-12-7-8-16-17(10-12)23-19(22-16)25-11-18(24)21-15-6-2-5-14-13(15)4-3-9-20-14/h2-10H,11H2,1H3,(H,21,24)(H,22,23). The summed E-state index contributed by atoms with van der Waals surface area (Å²) >= 11 is 1.39. The van der Waals surface area contributed by atoms with Gasteiger partial charge in [0.25, 0.3) is 0 Å². The van der Waals surface area contributed by atoms with Gasteiger partial charge >= 0.3 is 0 Å². The van der Waals surface area contributed by atoms with E-state index in [2.05, 4.69) is 26.3 Å². The lowest BCUT2D eigenvalue weighted by atomic mass is 10.2. The fourth-order valence-corrected chi connectivity index (χ4v) is 3.39. The minimum absolute atomic E-state index is 0.0713. The first-order valence-electron chi connectivity index (χ1n) is 7.92. The third kappa shape index (κ3) is 3.34. The van der Waals surface area contributed by atoms with Crippen molar-refractivity contribution in [3.05, 3.63) is 60.3 Å². The third-order valence-corrected chi connectivity index (χ3v) is 4.75. The number of imidazole rings is 1. The molecule has 0 saturated carbocycles. The van der Waals surface area contributed by atoms with E-state index in [1.807, 2.05) is 49.4 Å². The molecule has 0 fully saturated rings. The molecule has 0 atom stereocenters. The van der Waals surface area contributed by atoms with Gasteiger partial charge in [-0.3, -0.25) is 9.78 Å². The van der Waals surface area contributed by atoms with Gasteiger partial charge in [-0.05, 0) is 48.9 Å². The summed E-state index contributed by atoms with van der Waals surface area (Å²) in [6.45, 7) is 2.04. The van der Waals surface area contributed by atoms with Crippen LogP contribution >= 0.6 is 11.8 Å². The van der Waals surface area contributed by atoms with E-state index in [1.54, 1.807) is 6.20 Å². The normalized spacial score (nSPS) is 11.1. The zero-order chi connectivity index (χ0) is 17.2. The van der Waals surface area contributed by atoms with E-state index in [-0.39, 0.29) is 11.7 Å². The van der Waals surface area contributed by atoms with Crippen molar-refractivity contribution in [3.8, 4) is 0 Å². The van der Waals surface area contributed by atoms with E-state index in [4.69, 9.17) is 0 Å². The van der Waals surface area contributed by atoms with E-state index < -0.39 is 0 Å². The van der Waals surface area contributed by atoms with E-state index in [0.29, 0.717) is 0 Å². The SMILES string of the molecule is Cc1ccc2nc(SCC(=O)Nc3cccc4ncccc34)[nH]c2c1. The molecule has 2 aromatic carbocycles. The van der Waals surface area contributed by atoms with Gasteiger partial charge < -0.3 is 10.3 Å². The molecule has 0 saturated heterocycles. The van der Waals surface area contributed by atoms with Crippen molar-refractivity contribution in [2.45, 2.75) is 12.1 Å². The molecule has 4 aromatic rings. The first-order chi connectivity index (χ1) is 12.2. The maximum absolute atomic E-state index is 12.3. The molecule has 124 valence electrons. The molecule has 0 spiro atoms. The lowest BCUT2D eigenvalue weighted by Gasteiger charge is -2.07. The van der Waals surface area contributed by atoms with Gasteiger partial charge in [0.2, 0.25) is 5.91 Å². The Balaban J connectivity index is 1.46. The molecule has 0 aliphatic rings. The van der Waals surface area contributed by atoms with Crippen LogP contribution in [0.4, 0.5) is 5.69 Å². The van der Waals surface area contributed by atoms with Crippen molar-refractivity contribution in [1.82, 2.24) is 15.0 Å². The van der Waals surface area contributed by atoms with E-state index >= 15 is 0 Å². The lowest BCUT2D eigenvalue weighted by molar-refractivity contribution is -0.113. The summed E-state index contributed by atoms with van der Waals surface area (Å²) in [6.07, 6.45) is 1.74. The predicted molar refractivity (Wildman–Crippen MR) is 102 cm³/mol. The minimum atomic E-state index is -0.0713. The fraction of sp³-hybridized carbons (Fsp3) is 0.105. The summed E-state index contributed by atoms with van der Waals surface area (Å²) < 4.78 is 0. The summed E-state index contributed by atoms with van der Waals surface area (Å²) in [5.74, 6) is 0.216. The number of thioether (sulfide) groups is 1. The Bertz CT molecular complexity index is 1070. The number of amides is 1. The molecular formula is C19H16N4OS. The number of hydrogen-bond acceptors (Lipinski definition) is 4. The highest BCUT2D eigenvalue weighted by molar-refractivity contribution is 7.99. The Morgan fingerprint density at radius 2 is 2.08 bits per heavy atom. The summed E-state index contributed by atoms with van der Waals surface area (Å²) in [7, 11) is 0. The Morgan fingerprint density at radius 1 is 1.16 bits per heavy atom. The van der Waals surface area contributed by atoms with Crippen LogP contribution in [0.1, 0.15) is 5.56 Å². The Morgan fingerprint density at radius 3 is 3.00 bits per heavy atom. The minimum Gasteiger partial charge on any atom is -0.333 e. The van der Waals surface area contributed by atoms with Gasteiger partial charge in [0.15, 0.2) is 5.16 Å². The molecule has 2 aromatic heterocycles. The van der Waals surface area contributed by atoms with E-state index in [0.717, 1.165) is 32.8 Å². The topological polar surface area (TPSA) is 70.7 Å². The molecule has 2 heterocycles. The zero-order valence-corrected chi connectivity index (χ0v) is 14.4. The number of benzene rings is 2. The van der Waals surface area contributed by atoms with Crippen molar-refractivity contribution in [2.75, 3.05) is 11.1 Å². The summed E-state index contributed by atoms with van der Waals surface area (Å²) in [4.78, 5) is 24.4. The number of nitrogens with zero attached hydrogens (tertiary/aromatic N) is 2. The molecule has 0 radical (unpaired) electrons. The molecule has 0 bridgehead atoms. The smallest absolute Gasteiger partial charge is 0.234 e. The van der Waals surface area contributed by atoms with Crippen molar-refractivity contribution in [2.24, 2.45) is 0 Å². The van der Waals surface area contributed by atoms with Gasteiger partial charge in [0.1, 0.15) is 0 Å². The van der Waals surface area contributed by atoms with Crippen LogP contribution in [0.25, 0.3) is 21.9 Å². The maximum atomic E-state index is 12.3. The van der Waals surface area contributed by atoms with E-state index in [1.165, 1.54) is 17.3 Å². The maximum Gasteiger partial charge on any atom is 0.234 e. The first kappa shape index (κ1) is 15.7. The van der Waals surface area contributed by atoms with Gasteiger partial charge in [-0.15, -0.1) is 0 Å². The Kier molecular flexibility index (Phi) is 4.11. The quantitative estimate of drug-likeness (QED) is 0.544. The highest BCUT2D eigenvalue weighted by Crippen LogP contribution is 2.23. The number of aromatic amines is 1. The second kappa shape index (κ2) is 6.57. The van der Waals surface area contributed by atoms with Gasteiger partial charge in [0, 0.05) is 11.6 Å². The summed E-state index contributed by atoms with van der Waals surface area (Å²) in [5.41, 5.74) is 4.71. The van der Waals surface area contributed by atoms with Crippen LogP contribution in [0, 0.1) is 6.92 Å². The van der Waals surface area contributed by atoms with Crippen molar-refractivity contribution in [1.29, 1.82) is 0 Å². The molecular weight excluding hydrogens is 332 g/mol. The summed E-state index contributed by atoms with van der Waals surface area (Å²) in [5, 5.41) is 4.64. The predicted octanol–water partition coefficient (Wildman–Crippen LogP) is 4.15. The molecule has 25 heavy (non-hydrogen) atoms. The monoisotopic (exact) mass is 348 g/mol. The highest BCUT2D eigenvalue weighted by Gasteiger charge is 2.09. The molecule has 0 aliphatic carbocycles. The third-order valence-electron chi connectivity index (χ3n) is 3.88. The molecule has 2 N–H and O–H groups in total. The number of nitrogens with one attached hydrogen (secondary N) is 2. The van der Waals surface area contributed by atoms with Gasteiger partial charge in [-0.1, -0.05) is 23.9 Å². The van der Waals surface area contributed by atoms with Crippen molar-refractivity contribution < 1.29 is 4.79 Å². The largest absolute Gasteiger partial charge is 0.333 e. The van der Waals surface area contributed by atoms with Crippen LogP contribution in [0.5, 0.6) is 0 Å². The number of aromatic nitrogens is 3. The number of anilines is 1. The van der Waals surface area contributed by atoms with Crippen LogP contribution in [-0.4, -0.2) is 26.6 Å². The van der Waals surface area contributed by atoms with Gasteiger partial charge in [0.05, 0.1) is 28.0 Å². The molecule has 5 nitrogen and oxygen atoms in total. The lowest BCUT2D eigenvalue weighted by Crippen LogP contribution is -2.14. The Labute approximate surface area is 148 Å². The highest BCUT2D eigenvalue weighted by atomic mass is 32.2. The summed E-state index contributed by atoms with van der Waals surface area (Å²) in [6, 6.07) is 15.6. The average molecular weight is 348 g/mol. The molecule has 0 aliphatic heterocycles. The van der Waals surface area contributed by atoms with E-state index in [9.17, 15) is 4.79 Å². The molecule has 4 rings (SSSR count). The van der Waals surface area contributed by atoms with Crippen molar-refractivity contribution >= 4 is 45.3 Å². The number of fused-ring (bicyclic) bond motifs is 2. The van der Waals surface area contributed by atoms with Gasteiger partial charge in [-0.2, -0.15) is 0 Å². The molecule has 6 heteroatoms. The Hall–Kier alpha value is -2.86. The van der Waals surface area contributed by atoms with Crippen LogP contribution in [0.15, 0.2) is 59.9 Å². The number of carbonyl (C=O) groups is 1. The van der Waals surface area contributed by atoms with Crippen LogP contribution in [-0.2, 0) is 4.79 Å². The van der Waals surface area contributed by atoms with Crippen LogP contribution < -0.4 is 5.32 Å².